The van der Waals surface area contributed by atoms with E-state index in [9.17, 15) is 9.59 Å². The Morgan fingerprint density at radius 1 is 1.00 bits per heavy atom. The van der Waals surface area contributed by atoms with Gasteiger partial charge in [-0.1, -0.05) is 11.6 Å². The van der Waals surface area contributed by atoms with Gasteiger partial charge >= 0.3 is 5.97 Å². The first kappa shape index (κ1) is 16.8. The Balaban J connectivity index is 1.78. The van der Waals surface area contributed by atoms with Crippen LogP contribution in [0.4, 0.5) is 11.4 Å². The molecule has 1 amide bonds. The first-order chi connectivity index (χ1) is 11.1. The molecule has 2 aromatic carbocycles. The van der Waals surface area contributed by atoms with E-state index < -0.39 is 5.97 Å². The number of rotatable bonds is 6. The summed E-state index contributed by atoms with van der Waals surface area (Å²) >= 11 is 5.81. The van der Waals surface area contributed by atoms with Crippen molar-refractivity contribution in [2.45, 2.75) is 6.42 Å². The second kappa shape index (κ2) is 8.19. The number of methoxy groups -OCH3 is 1. The van der Waals surface area contributed by atoms with Crippen LogP contribution in [0.1, 0.15) is 16.8 Å². The quantitative estimate of drug-likeness (QED) is 0.794. The molecule has 0 saturated heterocycles. The minimum atomic E-state index is -0.407. The molecular formula is C17H17ClN2O3. The van der Waals surface area contributed by atoms with Crippen LogP contribution in [-0.4, -0.2) is 25.5 Å². The van der Waals surface area contributed by atoms with Crippen LogP contribution in [0.3, 0.4) is 0 Å². The highest BCUT2D eigenvalue weighted by Crippen LogP contribution is 2.14. The van der Waals surface area contributed by atoms with Crippen molar-refractivity contribution in [2.24, 2.45) is 0 Å². The van der Waals surface area contributed by atoms with Gasteiger partial charge in [-0.3, -0.25) is 4.79 Å². The Morgan fingerprint density at radius 3 is 2.22 bits per heavy atom. The van der Waals surface area contributed by atoms with Crippen LogP contribution in [0.2, 0.25) is 5.02 Å². The maximum atomic E-state index is 11.9. The number of benzene rings is 2. The molecule has 0 aromatic heterocycles. The second-order valence-corrected chi connectivity index (χ2v) is 5.24. The zero-order valence-corrected chi connectivity index (χ0v) is 13.4. The van der Waals surface area contributed by atoms with Gasteiger partial charge in [0.1, 0.15) is 0 Å². The minimum Gasteiger partial charge on any atom is -0.465 e. The van der Waals surface area contributed by atoms with Crippen LogP contribution in [0.15, 0.2) is 48.5 Å². The van der Waals surface area contributed by atoms with Crippen molar-refractivity contribution >= 4 is 34.9 Å². The maximum Gasteiger partial charge on any atom is 0.337 e. The number of amides is 1. The van der Waals surface area contributed by atoms with Crippen molar-refractivity contribution in [3.8, 4) is 0 Å². The van der Waals surface area contributed by atoms with Gasteiger partial charge in [-0.2, -0.15) is 0 Å². The number of hydrogen-bond acceptors (Lipinski definition) is 4. The number of ether oxygens (including phenoxy) is 1. The molecule has 0 aliphatic carbocycles. The van der Waals surface area contributed by atoms with Gasteiger partial charge in [0.2, 0.25) is 5.91 Å². The number of halogens is 1. The molecule has 0 aliphatic heterocycles. The van der Waals surface area contributed by atoms with Crippen molar-refractivity contribution in [1.29, 1.82) is 0 Å². The first-order valence-electron chi connectivity index (χ1n) is 7.06. The summed E-state index contributed by atoms with van der Waals surface area (Å²) in [6, 6.07) is 13.8. The minimum absolute atomic E-state index is 0.114. The molecule has 2 aromatic rings. The predicted octanol–water partition coefficient (Wildman–Crippen LogP) is 3.57. The summed E-state index contributed by atoms with van der Waals surface area (Å²) in [7, 11) is 1.33. The third kappa shape index (κ3) is 5.30. The molecular weight excluding hydrogens is 316 g/mol. The largest absolute Gasteiger partial charge is 0.465 e. The number of hydrogen-bond donors (Lipinski definition) is 2. The van der Waals surface area contributed by atoms with E-state index in [0.717, 1.165) is 5.69 Å². The molecule has 0 unspecified atom stereocenters. The van der Waals surface area contributed by atoms with Gasteiger partial charge in [-0.25, -0.2) is 4.79 Å². The molecule has 2 N–H and O–H groups in total. The van der Waals surface area contributed by atoms with Gasteiger partial charge in [0.05, 0.1) is 12.7 Å². The van der Waals surface area contributed by atoms with Crippen molar-refractivity contribution in [2.75, 3.05) is 24.3 Å². The lowest BCUT2D eigenvalue weighted by Gasteiger charge is -2.08. The third-order valence-electron chi connectivity index (χ3n) is 3.12. The van der Waals surface area contributed by atoms with E-state index in [4.69, 9.17) is 11.6 Å². The summed E-state index contributed by atoms with van der Waals surface area (Å²) in [5.41, 5.74) is 1.98. The SMILES string of the molecule is COC(=O)c1ccc(NC(=O)CCNc2ccc(Cl)cc2)cc1. The van der Waals surface area contributed by atoms with Gasteiger partial charge < -0.3 is 15.4 Å². The van der Waals surface area contributed by atoms with E-state index in [2.05, 4.69) is 15.4 Å². The highest BCUT2D eigenvalue weighted by atomic mass is 35.5. The number of carbonyl (C=O) groups excluding carboxylic acids is 2. The van der Waals surface area contributed by atoms with Gasteiger partial charge in [-0.15, -0.1) is 0 Å². The van der Waals surface area contributed by atoms with Crippen LogP contribution < -0.4 is 10.6 Å². The van der Waals surface area contributed by atoms with Crippen LogP contribution in [0.25, 0.3) is 0 Å². The standard InChI is InChI=1S/C17H17ClN2O3/c1-23-17(22)12-2-6-15(7-3-12)20-16(21)10-11-19-14-8-4-13(18)5-9-14/h2-9,19H,10-11H2,1H3,(H,20,21). The highest BCUT2D eigenvalue weighted by Gasteiger charge is 2.06. The Kier molecular flexibility index (Phi) is 6.00. The van der Waals surface area contributed by atoms with Crippen molar-refractivity contribution in [3.05, 3.63) is 59.1 Å². The van der Waals surface area contributed by atoms with E-state index in [1.807, 2.05) is 12.1 Å². The first-order valence-corrected chi connectivity index (χ1v) is 7.44. The zero-order chi connectivity index (χ0) is 16.7. The molecule has 0 spiro atoms. The molecule has 5 nitrogen and oxygen atoms in total. The number of esters is 1. The maximum absolute atomic E-state index is 11.9. The fourth-order valence-corrected chi connectivity index (χ4v) is 2.05. The van der Waals surface area contributed by atoms with Crippen LogP contribution in [0, 0.1) is 0 Å². The monoisotopic (exact) mass is 332 g/mol. The summed E-state index contributed by atoms with van der Waals surface area (Å²) in [6.45, 7) is 0.508. The summed E-state index contributed by atoms with van der Waals surface area (Å²) < 4.78 is 4.62. The lowest BCUT2D eigenvalue weighted by atomic mass is 10.2. The average Bonchev–Trinajstić information content (AvgIpc) is 2.56. The zero-order valence-electron chi connectivity index (χ0n) is 12.6. The lowest BCUT2D eigenvalue weighted by molar-refractivity contribution is -0.115. The van der Waals surface area contributed by atoms with Crippen molar-refractivity contribution in [1.82, 2.24) is 0 Å². The fourth-order valence-electron chi connectivity index (χ4n) is 1.92. The Bertz CT molecular complexity index is 669. The van der Waals surface area contributed by atoms with Crippen molar-refractivity contribution in [3.63, 3.8) is 0 Å². The number of carbonyl (C=O) groups is 2. The van der Waals surface area contributed by atoms with Gasteiger partial charge in [0, 0.05) is 29.4 Å². The molecule has 2 rings (SSSR count). The molecule has 0 atom stereocenters. The molecule has 0 fully saturated rings. The summed E-state index contributed by atoms with van der Waals surface area (Å²) in [5, 5.41) is 6.58. The number of nitrogens with one attached hydrogen (secondary N) is 2. The van der Waals surface area contributed by atoms with E-state index in [0.29, 0.717) is 29.2 Å². The molecule has 23 heavy (non-hydrogen) atoms. The normalized spacial score (nSPS) is 10.0. The van der Waals surface area contributed by atoms with E-state index >= 15 is 0 Å². The van der Waals surface area contributed by atoms with Crippen molar-refractivity contribution < 1.29 is 14.3 Å². The predicted molar refractivity (Wildman–Crippen MR) is 91.0 cm³/mol. The smallest absolute Gasteiger partial charge is 0.337 e. The topological polar surface area (TPSA) is 67.4 Å². The molecule has 0 heterocycles. The van der Waals surface area contributed by atoms with E-state index in [1.54, 1.807) is 36.4 Å². The van der Waals surface area contributed by atoms with E-state index in [-0.39, 0.29) is 5.91 Å². The molecule has 120 valence electrons. The Labute approximate surface area is 139 Å². The van der Waals surface area contributed by atoms with Gasteiger partial charge in [-0.05, 0) is 48.5 Å². The molecule has 0 aliphatic rings. The molecule has 0 radical (unpaired) electrons. The molecule has 0 bridgehead atoms. The summed E-state index contributed by atoms with van der Waals surface area (Å²) in [5.74, 6) is -0.521. The van der Waals surface area contributed by atoms with Crippen LogP contribution in [0.5, 0.6) is 0 Å². The molecule has 0 saturated carbocycles. The average molecular weight is 333 g/mol. The van der Waals surface area contributed by atoms with Crippen LogP contribution in [-0.2, 0) is 9.53 Å². The second-order valence-electron chi connectivity index (χ2n) is 4.80. The molecule has 6 heteroatoms. The summed E-state index contributed by atoms with van der Waals surface area (Å²) in [4.78, 5) is 23.2. The third-order valence-corrected chi connectivity index (χ3v) is 3.37. The van der Waals surface area contributed by atoms with E-state index in [1.165, 1.54) is 7.11 Å². The lowest BCUT2D eigenvalue weighted by Crippen LogP contribution is -2.16. The Hall–Kier alpha value is -2.53. The highest BCUT2D eigenvalue weighted by molar-refractivity contribution is 6.30. The number of anilines is 2. The van der Waals surface area contributed by atoms with Gasteiger partial charge in [0.15, 0.2) is 0 Å². The van der Waals surface area contributed by atoms with Gasteiger partial charge in [0.25, 0.3) is 0 Å². The fraction of sp³-hybridized carbons (Fsp3) is 0.176. The van der Waals surface area contributed by atoms with Crippen LogP contribution >= 0.6 is 11.6 Å². The Morgan fingerprint density at radius 2 is 1.61 bits per heavy atom. The summed E-state index contributed by atoms with van der Waals surface area (Å²) in [6.07, 6.45) is 0.321.